The molecule has 1 unspecified atom stereocenters. The van der Waals surface area contributed by atoms with Gasteiger partial charge in [0.05, 0.1) is 12.1 Å². The van der Waals surface area contributed by atoms with E-state index in [4.69, 9.17) is 0 Å². The maximum absolute atomic E-state index is 12.7. The summed E-state index contributed by atoms with van der Waals surface area (Å²) in [5, 5.41) is 8.12. The fourth-order valence-corrected chi connectivity index (χ4v) is 2.31. The fraction of sp³-hybridized carbons (Fsp3) is 0.300. The van der Waals surface area contributed by atoms with E-state index in [1.54, 1.807) is 24.3 Å². The first-order valence-corrected chi connectivity index (χ1v) is 8.81. The van der Waals surface area contributed by atoms with Crippen molar-refractivity contribution in [2.24, 2.45) is 0 Å². The van der Waals surface area contributed by atoms with E-state index in [0.717, 1.165) is 18.6 Å². The van der Waals surface area contributed by atoms with Crippen molar-refractivity contribution < 1.29 is 22.8 Å². The Kier molecular flexibility index (Phi) is 7.03. The Hall–Kier alpha value is -3.03. The van der Waals surface area contributed by atoms with Crippen molar-refractivity contribution in [3.63, 3.8) is 0 Å². The van der Waals surface area contributed by atoms with Crippen LogP contribution in [0.3, 0.4) is 0 Å². The maximum atomic E-state index is 12.7. The molecule has 0 aliphatic rings. The van der Waals surface area contributed by atoms with Crippen molar-refractivity contribution in [1.82, 2.24) is 5.32 Å². The van der Waals surface area contributed by atoms with Crippen molar-refractivity contribution in [2.45, 2.75) is 32.5 Å². The van der Waals surface area contributed by atoms with E-state index in [1.165, 1.54) is 12.1 Å². The normalized spacial score (nSPS) is 12.2. The second-order valence-corrected chi connectivity index (χ2v) is 6.34. The summed E-state index contributed by atoms with van der Waals surface area (Å²) in [6.07, 6.45) is -3.62. The quantitative estimate of drug-likeness (QED) is 0.657. The Bertz CT molecular complexity index is 820. The molecule has 0 bridgehead atoms. The molecule has 0 aliphatic heterocycles. The molecule has 150 valence electrons. The molecule has 8 heteroatoms. The maximum Gasteiger partial charge on any atom is 0.416 e. The van der Waals surface area contributed by atoms with Gasteiger partial charge >= 0.3 is 6.18 Å². The topological polar surface area (TPSA) is 70.2 Å². The van der Waals surface area contributed by atoms with Gasteiger partial charge in [0.2, 0.25) is 5.91 Å². The number of halogens is 3. The lowest BCUT2D eigenvalue weighted by atomic mass is 10.1. The minimum atomic E-state index is -4.44. The van der Waals surface area contributed by atoms with Crippen LogP contribution in [0, 0.1) is 0 Å². The van der Waals surface area contributed by atoms with Crippen LogP contribution in [0.2, 0.25) is 0 Å². The van der Waals surface area contributed by atoms with E-state index in [0.29, 0.717) is 11.3 Å². The summed E-state index contributed by atoms with van der Waals surface area (Å²) in [7, 11) is 0. The van der Waals surface area contributed by atoms with Gasteiger partial charge in [0.15, 0.2) is 0 Å². The van der Waals surface area contributed by atoms with Gasteiger partial charge in [-0.1, -0.05) is 13.0 Å². The number of amides is 2. The van der Waals surface area contributed by atoms with Crippen LogP contribution in [-0.4, -0.2) is 24.4 Å². The predicted octanol–water partition coefficient (Wildman–Crippen LogP) is 4.28. The van der Waals surface area contributed by atoms with Crippen LogP contribution in [0.5, 0.6) is 0 Å². The Balaban J connectivity index is 1.89. The number of carbonyl (C=O) groups is 2. The number of carbonyl (C=O) groups excluding carboxylic acids is 2. The summed E-state index contributed by atoms with van der Waals surface area (Å²) >= 11 is 0. The zero-order valence-electron chi connectivity index (χ0n) is 15.6. The number of alkyl halides is 3. The number of benzene rings is 2. The first-order chi connectivity index (χ1) is 13.2. The highest BCUT2D eigenvalue weighted by Crippen LogP contribution is 2.30. The fourth-order valence-electron chi connectivity index (χ4n) is 2.31. The largest absolute Gasteiger partial charge is 0.416 e. The smallest absolute Gasteiger partial charge is 0.376 e. The van der Waals surface area contributed by atoms with Gasteiger partial charge in [0.1, 0.15) is 0 Å². The third kappa shape index (κ3) is 6.29. The Morgan fingerprint density at radius 1 is 1.04 bits per heavy atom. The molecule has 0 aliphatic carbocycles. The van der Waals surface area contributed by atoms with Gasteiger partial charge in [0, 0.05) is 23.0 Å². The lowest BCUT2D eigenvalue weighted by Gasteiger charge is -2.12. The van der Waals surface area contributed by atoms with Gasteiger partial charge < -0.3 is 16.0 Å². The van der Waals surface area contributed by atoms with Crippen molar-refractivity contribution in [3.05, 3.63) is 59.7 Å². The molecule has 0 saturated carbocycles. The van der Waals surface area contributed by atoms with E-state index in [1.807, 2.05) is 13.8 Å². The summed E-state index contributed by atoms with van der Waals surface area (Å²) in [6, 6.07) is 11.1. The number of hydrogen-bond donors (Lipinski definition) is 3. The number of rotatable bonds is 7. The molecule has 2 rings (SSSR count). The molecular weight excluding hydrogens is 371 g/mol. The summed E-state index contributed by atoms with van der Waals surface area (Å²) in [4.78, 5) is 24.0. The summed E-state index contributed by atoms with van der Waals surface area (Å²) in [5.41, 5.74) is 0.363. The van der Waals surface area contributed by atoms with Gasteiger partial charge in [-0.25, -0.2) is 0 Å². The van der Waals surface area contributed by atoms with Gasteiger partial charge in [0.25, 0.3) is 5.91 Å². The molecule has 0 spiro atoms. The van der Waals surface area contributed by atoms with Crippen LogP contribution in [0.15, 0.2) is 48.5 Å². The number of anilines is 2. The SMILES string of the molecule is CCC(C)NC(=O)c1ccc(NC(=O)CNc2cccc(C(F)(F)F)c2)cc1. The van der Waals surface area contributed by atoms with Crippen LogP contribution < -0.4 is 16.0 Å². The minimum Gasteiger partial charge on any atom is -0.376 e. The summed E-state index contributed by atoms with van der Waals surface area (Å²) < 4.78 is 38.1. The first-order valence-electron chi connectivity index (χ1n) is 8.81. The lowest BCUT2D eigenvalue weighted by Crippen LogP contribution is -2.31. The third-order valence-corrected chi connectivity index (χ3v) is 4.06. The number of nitrogens with one attached hydrogen (secondary N) is 3. The minimum absolute atomic E-state index is 0.0637. The van der Waals surface area contributed by atoms with Gasteiger partial charge in [-0.2, -0.15) is 13.2 Å². The zero-order valence-corrected chi connectivity index (χ0v) is 15.6. The molecule has 1 atom stereocenters. The highest BCUT2D eigenvalue weighted by atomic mass is 19.4. The van der Waals surface area contributed by atoms with Crippen molar-refractivity contribution >= 4 is 23.2 Å². The van der Waals surface area contributed by atoms with Crippen LogP contribution in [0.4, 0.5) is 24.5 Å². The van der Waals surface area contributed by atoms with E-state index in [-0.39, 0.29) is 24.2 Å². The van der Waals surface area contributed by atoms with Crippen LogP contribution in [-0.2, 0) is 11.0 Å². The molecule has 0 aromatic heterocycles. The standard InChI is InChI=1S/C20H22F3N3O2/c1-3-13(2)25-19(28)14-7-9-16(10-8-14)26-18(27)12-24-17-6-4-5-15(11-17)20(21,22)23/h4-11,13,24H,3,12H2,1-2H3,(H,25,28)(H,26,27). The average molecular weight is 393 g/mol. The average Bonchev–Trinajstić information content (AvgIpc) is 2.66. The molecule has 0 fully saturated rings. The highest BCUT2D eigenvalue weighted by Gasteiger charge is 2.30. The zero-order chi connectivity index (χ0) is 20.7. The lowest BCUT2D eigenvalue weighted by molar-refractivity contribution is -0.137. The van der Waals surface area contributed by atoms with Gasteiger partial charge in [-0.15, -0.1) is 0 Å². The molecule has 28 heavy (non-hydrogen) atoms. The second kappa shape index (κ2) is 9.25. The van der Waals surface area contributed by atoms with E-state index in [9.17, 15) is 22.8 Å². The molecule has 0 heterocycles. The van der Waals surface area contributed by atoms with E-state index >= 15 is 0 Å². The molecular formula is C20H22F3N3O2. The first kappa shape index (κ1) is 21.3. The molecule has 0 saturated heterocycles. The van der Waals surface area contributed by atoms with Crippen molar-refractivity contribution in [2.75, 3.05) is 17.2 Å². The molecule has 2 aromatic carbocycles. The monoisotopic (exact) mass is 393 g/mol. The van der Waals surface area contributed by atoms with Crippen LogP contribution in [0.1, 0.15) is 36.2 Å². The molecule has 0 radical (unpaired) electrons. The Morgan fingerprint density at radius 2 is 1.71 bits per heavy atom. The predicted molar refractivity (Wildman–Crippen MR) is 102 cm³/mol. The second-order valence-electron chi connectivity index (χ2n) is 6.34. The molecule has 2 amide bonds. The third-order valence-electron chi connectivity index (χ3n) is 4.06. The Morgan fingerprint density at radius 3 is 2.32 bits per heavy atom. The van der Waals surface area contributed by atoms with Gasteiger partial charge in [-0.05, 0) is 55.8 Å². The molecule has 3 N–H and O–H groups in total. The molecule has 5 nitrogen and oxygen atoms in total. The highest BCUT2D eigenvalue weighted by molar-refractivity contribution is 5.96. The van der Waals surface area contributed by atoms with E-state index in [2.05, 4.69) is 16.0 Å². The summed E-state index contributed by atoms with van der Waals surface area (Å²) in [6.45, 7) is 3.68. The molecule has 2 aromatic rings. The summed E-state index contributed by atoms with van der Waals surface area (Å²) in [5.74, 6) is -0.618. The van der Waals surface area contributed by atoms with Crippen molar-refractivity contribution in [1.29, 1.82) is 0 Å². The van der Waals surface area contributed by atoms with Crippen LogP contribution >= 0.6 is 0 Å². The van der Waals surface area contributed by atoms with Crippen LogP contribution in [0.25, 0.3) is 0 Å². The number of hydrogen-bond acceptors (Lipinski definition) is 3. The van der Waals surface area contributed by atoms with Crippen molar-refractivity contribution in [3.8, 4) is 0 Å². The van der Waals surface area contributed by atoms with E-state index < -0.39 is 17.6 Å². The van der Waals surface area contributed by atoms with Gasteiger partial charge in [-0.3, -0.25) is 9.59 Å². The Labute approximate surface area is 161 Å².